The SMILES string of the molecule is [2H]c1c(-c2ccccc2)c([2H])c2c(oc3c([2H])c([2H])c([2H])c(-c4nc(-c5ccccc5)nc(-c5ccc(-c6c([2H])c([2H])c7c([2H])c([2H])c([2H])c([2H])c7c6[2H])cc5)n4)c32)c1[2H].[2H]c1c([2H])c(-c2c([2H])c([2H])c3c([2H])c([2H])c([2H])c([2H])c3c2[2H])c([2H])c([2H])c1-c1nc(-c2ccccc2)nc(-c2cccc3c2-c2ccccc2C3(C)C)n1.c1ccc(-c2cc(-c3ccccc3)cc(-c3nc(-c4ccccc4)nc(-c4cccc5ccc6c7ccccc7sc6c45)n3)c2)cc1. The molecule has 0 fully saturated rings. The summed E-state index contributed by atoms with van der Waals surface area (Å²) in [6, 6.07) is 92.3. The number of hydrogen-bond acceptors (Lipinski definition) is 11. The number of benzene rings is 20. The first-order valence-corrected chi connectivity index (χ1v) is 45.0. The van der Waals surface area contributed by atoms with Crippen molar-refractivity contribution in [2.24, 2.45) is 0 Å². The Kier molecular flexibility index (Phi) is 15.6. The molecule has 25 aromatic rings. The molecule has 0 unspecified atom stereocenters. The van der Waals surface area contributed by atoms with Crippen molar-refractivity contribution in [1.29, 1.82) is 0 Å². The van der Waals surface area contributed by atoms with E-state index < -0.39 is 126 Å². The smallest absolute Gasteiger partial charge is 0.164 e. The summed E-state index contributed by atoms with van der Waals surface area (Å²) in [6.45, 7) is 4.31. The van der Waals surface area contributed by atoms with Gasteiger partial charge in [-0.1, -0.05) is 426 Å². The van der Waals surface area contributed by atoms with Crippen molar-refractivity contribution in [1.82, 2.24) is 44.9 Å². The van der Waals surface area contributed by atoms with Crippen molar-refractivity contribution >= 4 is 85.8 Å². The predicted octanol–water partition coefficient (Wildman–Crippen LogP) is 33.0. The second-order valence-corrected chi connectivity index (χ2v) is 34.1. The van der Waals surface area contributed by atoms with Crippen LogP contribution in [0.2, 0.25) is 0 Å². The van der Waals surface area contributed by atoms with Gasteiger partial charge in [-0.2, -0.15) is 0 Å². The van der Waals surface area contributed by atoms with Gasteiger partial charge in [-0.3, -0.25) is 0 Å². The molecule has 0 N–H and O–H groups in total. The summed E-state index contributed by atoms with van der Waals surface area (Å²) < 4.78 is 218. The molecule has 0 amide bonds. The summed E-state index contributed by atoms with van der Waals surface area (Å²) in [4.78, 5) is 44.2. The first-order chi connectivity index (χ1) is 77.6. The van der Waals surface area contributed by atoms with E-state index >= 15 is 0 Å². The maximum atomic E-state index is 9.38. The van der Waals surface area contributed by atoms with Gasteiger partial charge in [-0.05, 0) is 159 Å². The summed E-state index contributed by atoms with van der Waals surface area (Å²) in [7, 11) is 0. The first-order valence-electron chi connectivity index (χ1n) is 56.2. The van der Waals surface area contributed by atoms with Crippen LogP contribution in [0.5, 0.6) is 0 Å². The quantitative estimate of drug-likeness (QED) is 0.104. The fourth-order valence-electron chi connectivity index (χ4n) is 17.6. The molecule has 0 saturated carbocycles. The van der Waals surface area contributed by atoms with Crippen molar-refractivity contribution < 1.29 is 37.3 Å². The lowest BCUT2D eigenvalue weighted by molar-refractivity contribution is 0.660. The summed E-state index contributed by atoms with van der Waals surface area (Å²) in [5.74, 6) is 2.51. The lowest BCUT2D eigenvalue weighted by Crippen LogP contribution is -2.14. The lowest BCUT2D eigenvalue weighted by atomic mass is 9.82. The van der Waals surface area contributed by atoms with Gasteiger partial charge >= 0.3 is 0 Å². The monoisotopic (exact) mass is 1790 g/mol. The molecule has 5 heterocycles. The molecule has 10 nitrogen and oxygen atoms in total. The van der Waals surface area contributed by atoms with Crippen molar-refractivity contribution in [3.05, 3.63) is 478 Å². The molecule has 0 bridgehead atoms. The maximum absolute atomic E-state index is 9.38. The Morgan fingerprint density at radius 1 is 0.226 bits per heavy atom. The second-order valence-electron chi connectivity index (χ2n) is 33.1. The number of nitrogens with zero attached hydrogens (tertiary/aromatic N) is 9. The van der Waals surface area contributed by atoms with E-state index in [9.17, 15) is 5.48 Å². The third-order valence-electron chi connectivity index (χ3n) is 24.3. The van der Waals surface area contributed by atoms with Crippen LogP contribution < -0.4 is 0 Å². The van der Waals surface area contributed by atoms with E-state index in [1.807, 2.05) is 102 Å². The Hall–Kier alpha value is -17.8. The zero-order valence-electron chi connectivity index (χ0n) is 96.9. The first kappa shape index (κ1) is 60.3. The Labute approximate surface area is 829 Å². The average Bonchev–Trinajstić information content (AvgIpc) is 1.32. The molecular formula is C126H83N9OS. The van der Waals surface area contributed by atoms with E-state index in [0.29, 0.717) is 50.9 Å². The molecule has 0 atom stereocenters. The molecular weight excluding hydrogens is 1690 g/mol. The Morgan fingerprint density at radius 3 is 1.21 bits per heavy atom. The van der Waals surface area contributed by atoms with Gasteiger partial charge in [0.2, 0.25) is 0 Å². The molecule has 0 aliphatic heterocycles. The van der Waals surface area contributed by atoms with E-state index in [-0.39, 0.29) is 136 Å². The zero-order chi connectivity index (χ0) is 112. The van der Waals surface area contributed by atoms with Gasteiger partial charge in [0.05, 0.1) is 32.9 Å². The Balaban J connectivity index is 0.000000127. The highest BCUT2D eigenvalue weighted by Gasteiger charge is 2.37. The number of aromatic nitrogens is 9. The lowest BCUT2D eigenvalue weighted by Gasteiger charge is -2.21. The minimum absolute atomic E-state index is 0.0115. The fraction of sp³-hybridized carbons (Fsp3) is 0.0238. The largest absolute Gasteiger partial charge is 0.456 e. The molecule has 0 radical (unpaired) electrons. The van der Waals surface area contributed by atoms with Crippen LogP contribution in [0.4, 0.5) is 0 Å². The molecule has 1 aliphatic carbocycles. The molecule has 644 valence electrons. The van der Waals surface area contributed by atoms with E-state index in [2.05, 4.69) is 170 Å². The van der Waals surface area contributed by atoms with Crippen LogP contribution in [0.15, 0.2) is 471 Å². The normalized spacial score (nSPS) is 14.4. The van der Waals surface area contributed by atoms with Crippen LogP contribution in [-0.2, 0) is 5.41 Å². The number of fused-ring (bicyclic) bond motifs is 13. The van der Waals surface area contributed by atoms with Gasteiger partial charge in [0.1, 0.15) is 11.2 Å². The van der Waals surface area contributed by atoms with Crippen molar-refractivity contribution in [2.45, 2.75) is 19.3 Å². The van der Waals surface area contributed by atoms with Crippen molar-refractivity contribution in [2.75, 3.05) is 0 Å². The minimum Gasteiger partial charge on any atom is -0.456 e. The topological polar surface area (TPSA) is 129 Å². The van der Waals surface area contributed by atoms with E-state index in [1.165, 1.54) is 30.9 Å². The van der Waals surface area contributed by atoms with Crippen LogP contribution in [-0.4, -0.2) is 44.9 Å². The van der Waals surface area contributed by atoms with Gasteiger partial charge in [0.25, 0.3) is 0 Å². The fourth-order valence-corrected chi connectivity index (χ4v) is 18.8. The summed E-state index contributed by atoms with van der Waals surface area (Å²) in [5, 5.41) is 3.92. The number of rotatable bonds is 14. The highest BCUT2D eigenvalue weighted by atomic mass is 32.1. The molecule has 5 aromatic heterocycles. The van der Waals surface area contributed by atoms with Gasteiger partial charge in [0, 0.05) is 91.8 Å². The van der Waals surface area contributed by atoms with Crippen LogP contribution >= 0.6 is 11.3 Å². The van der Waals surface area contributed by atoms with Crippen molar-refractivity contribution in [3.8, 4) is 169 Å². The van der Waals surface area contributed by atoms with Crippen LogP contribution in [0.1, 0.15) is 57.9 Å². The van der Waals surface area contributed by atoms with Gasteiger partial charge in [-0.25, -0.2) is 44.9 Å². The van der Waals surface area contributed by atoms with Gasteiger partial charge < -0.3 is 4.42 Å². The number of hydrogen-bond donors (Lipinski definition) is 0. The minimum atomic E-state index is -0.666. The Morgan fingerprint density at radius 2 is 0.628 bits per heavy atom. The van der Waals surface area contributed by atoms with E-state index in [0.717, 1.165) is 61.2 Å². The molecule has 11 heteroatoms. The van der Waals surface area contributed by atoms with Crippen LogP contribution in [0.3, 0.4) is 0 Å². The highest BCUT2D eigenvalue weighted by Crippen LogP contribution is 2.53. The predicted molar refractivity (Wildman–Crippen MR) is 566 cm³/mol. The molecule has 0 spiro atoms. The summed E-state index contributed by atoms with van der Waals surface area (Å²) in [5.41, 5.74) is 13.0. The summed E-state index contributed by atoms with van der Waals surface area (Å²) >= 11 is 1.83. The molecule has 26 rings (SSSR count). The molecule has 1 aliphatic rings. The van der Waals surface area contributed by atoms with E-state index in [4.69, 9.17) is 71.7 Å². The Bertz CT molecular complexity index is 10400. The standard InChI is InChI=1S/C43H27N3O.C43H27N3S.C40H29N3/c1-3-10-28(11-4-1)35-24-25-38-37(27-35)40-36(16-9-17-39(40)47-38)43-45-41(31-13-5-2-6-14-31)44-42(46-43)32-21-18-30(19-22-32)34-23-20-29-12-7-8-15-33(29)26-34;1-4-13-28(14-5-1)32-25-33(29-15-6-2-7-16-29)27-34(26-32)42-44-41(31-17-8-3-9-18-31)45-43(46-42)37-21-12-19-30-23-24-36-35-20-10-11-22-38(35)47-40(36)39(30)37;1-40(2)34-17-9-8-15-32(34)36-33(16-10-18-35(36)40)39-42-37(28-12-4-3-5-13-28)41-38(43-39)29-22-19-27(20-23-29)31-24-21-26-11-6-7-14-30(26)25-31/h2*1-27H;3-25H,1-2H3/i7D,8D,9D,12D,15D,16D,17D,20D,23D,24D,25D,26D,27D;;6D,7D,11D,14D,19D,20D,21D,22D,23D,24D,25D. The molecule has 137 heavy (non-hydrogen) atoms. The highest BCUT2D eigenvalue weighted by molar-refractivity contribution is 7.26. The van der Waals surface area contributed by atoms with Crippen LogP contribution in [0.25, 0.3) is 244 Å². The number of furan rings is 1. The van der Waals surface area contributed by atoms with Gasteiger partial charge in [-0.15, -0.1) is 11.3 Å². The third kappa shape index (κ3) is 16.0. The molecule has 20 aromatic carbocycles. The summed E-state index contributed by atoms with van der Waals surface area (Å²) in [6.07, 6.45) is 0. The number of thiophene rings is 1. The van der Waals surface area contributed by atoms with Crippen LogP contribution in [0, 0.1) is 0 Å². The van der Waals surface area contributed by atoms with E-state index in [1.54, 1.807) is 78.9 Å². The maximum Gasteiger partial charge on any atom is 0.164 e. The zero-order valence-corrected chi connectivity index (χ0v) is 73.8. The molecule has 0 saturated heterocycles. The second kappa shape index (κ2) is 35.4. The van der Waals surface area contributed by atoms with Gasteiger partial charge in [0.15, 0.2) is 52.4 Å². The average molecular weight is 1800 g/mol. The third-order valence-corrected chi connectivity index (χ3v) is 25.5. The van der Waals surface area contributed by atoms with Crippen molar-refractivity contribution in [3.63, 3.8) is 0 Å².